The average molecular weight is 257 g/mol. The minimum Gasteiger partial charge on any atom is -0.293 e. The van der Waals surface area contributed by atoms with Crippen LogP contribution in [0.3, 0.4) is 0 Å². The molecular formula is C13H17ClOS. The number of aryl methyl sites for hydroxylation is 1. The zero-order chi connectivity index (χ0) is 11.8. The van der Waals surface area contributed by atoms with Gasteiger partial charge in [-0.25, -0.2) is 0 Å². The van der Waals surface area contributed by atoms with Crippen molar-refractivity contribution in [1.29, 1.82) is 0 Å². The fourth-order valence-electron chi connectivity index (χ4n) is 2.63. The van der Waals surface area contributed by atoms with Gasteiger partial charge in [0.2, 0.25) is 0 Å². The van der Waals surface area contributed by atoms with Gasteiger partial charge in [0.15, 0.2) is 5.78 Å². The van der Waals surface area contributed by atoms with Crippen molar-refractivity contribution >= 4 is 28.7 Å². The third-order valence-electron chi connectivity index (χ3n) is 3.80. The van der Waals surface area contributed by atoms with Crippen LogP contribution in [0, 0.1) is 12.3 Å². The van der Waals surface area contributed by atoms with E-state index in [1.54, 1.807) is 0 Å². The van der Waals surface area contributed by atoms with Gasteiger partial charge in [-0.1, -0.05) is 31.4 Å². The second-order valence-electron chi connectivity index (χ2n) is 4.74. The highest BCUT2D eigenvalue weighted by molar-refractivity contribution is 7.18. The quantitative estimate of drug-likeness (QED) is 0.706. The summed E-state index contributed by atoms with van der Waals surface area (Å²) in [6.07, 6.45) is 5.45. The molecule has 88 valence electrons. The first-order chi connectivity index (χ1) is 7.59. The maximum atomic E-state index is 12.5. The standard InChI is InChI=1S/C13H17ClOS/c1-3-13(6-4-5-7-13)11(15)10-8-9(2)12(14)16-10/h8H,3-7H2,1-2H3. The van der Waals surface area contributed by atoms with E-state index >= 15 is 0 Å². The van der Waals surface area contributed by atoms with Gasteiger partial charge in [-0.15, -0.1) is 11.3 Å². The number of carbonyl (C=O) groups excluding carboxylic acids is 1. The van der Waals surface area contributed by atoms with Gasteiger partial charge in [0.1, 0.15) is 0 Å². The molecule has 0 aromatic carbocycles. The van der Waals surface area contributed by atoms with Crippen LogP contribution in [0.4, 0.5) is 0 Å². The first-order valence-electron chi connectivity index (χ1n) is 5.90. The molecule has 0 radical (unpaired) electrons. The van der Waals surface area contributed by atoms with E-state index < -0.39 is 0 Å². The van der Waals surface area contributed by atoms with E-state index in [0.717, 1.165) is 34.0 Å². The maximum Gasteiger partial charge on any atom is 0.178 e. The normalized spacial score (nSPS) is 18.9. The molecule has 1 aliphatic carbocycles. The van der Waals surface area contributed by atoms with Gasteiger partial charge in [0, 0.05) is 5.41 Å². The van der Waals surface area contributed by atoms with Crippen LogP contribution in [0.5, 0.6) is 0 Å². The molecule has 0 aliphatic heterocycles. The Bertz CT molecular complexity index is 383. The van der Waals surface area contributed by atoms with Gasteiger partial charge in [0.05, 0.1) is 9.21 Å². The smallest absolute Gasteiger partial charge is 0.178 e. The summed E-state index contributed by atoms with van der Waals surface area (Å²) >= 11 is 7.47. The molecule has 0 N–H and O–H groups in total. The highest BCUT2D eigenvalue weighted by atomic mass is 35.5. The van der Waals surface area contributed by atoms with E-state index in [1.807, 2.05) is 13.0 Å². The fourth-order valence-corrected chi connectivity index (χ4v) is 3.89. The SMILES string of the molecule is CCC1(C(=O)c2cc(C)c(Cl)s2)CCCC1. The predicted octanol–water partition coefficient (Wildman–Crippen LogP) is 4.86. The van der Waals surface area contributed by atoms with Gasteiger partial charge in [0.25, 0.3) is 0 Å². The molecule has 1 nitrogen and oxygen atoms in total. The molecule has 2 rings (SSSR count). The molecule has 0 spiro atoms. The molecule has 3 heteroatoms. The Balaban J connectivity index is 2.30. The highest BCUT2D eigenvalue weighted by Crippen LogP contribution is 2.45. The first kappa shape index (κ1) is 12.1. The summed E-state index contributed by atoms with van der Waals surface area (Å²) in [6.45, 7) is 4.09. The van der Waals surface area contributed by atoms with Crippen molar-refractivity contribution in [3.8, 4) is 0 Å². The lowest BCUT2D eigenvalue weighted by Gasteiger charge is -2.24. The van der Waals surface area contributed by atoms with Crippen LogP contribution in [-0.2, 0) is 0 Å². The monoisotopic (exact) mass is 256 g/mol. The Labute approximate surface area is 106 Å². The predicted molar refractivity (Wildman–Crippen MR) is 69.6 cm³/mol. The molecule has 1 heterocycles. The lowest BCUT2D eigenvalue weighted by atomic mass is 9.78. The molecule has 1 aliphatic rings. The largest absolute Gasteiger partial charge is 0.293 e. The Morgan fingerprint density at radius 3 is 2.56 bits per heavy atom. The van der Waals surface area contributed by atoms with Crippen molar-refractivity contribution in [2.24, 2.45) is 5.41 Å². The van der Waals surface area contributed by atoms with Crippen LogP contribution in [0.2, 0.25) is 4.34 Å². The summed E-state index contributed by atoms with van der Waals surface area (Å²) < 4.78 is 0.757. The number of halogens is 1. The summed E-state index contributed by atoms with van der Waals surface area (Å²) in [5.41, 5.74) is 0.944. The molecule has 1 saturated carbocycles. The molecule has 0 unspecified atom stereocenters. The maximum absolute atomic E-state index is 12.5. The molecule has 0 amide bonds. The minimum atomic E-state index is -0.0827. The summed E-state index contributed by atoms with van der Waals surface area (Å²) in [5.74, 6) is 0.326. The van der Waals surface area contributed by atoms with Gasteiger partial charge >= 0.3 is 0 Å². The number of thiophene rings is 1. The van der Waals surface area contributed by atoms with E-state index in [9.17, 15) is 4.79 Å². The molecule has 16 heavy (non-hydrogen) atoms. The van der Waals surface area contributed by atoms with Crippen LogP contribution in [0.1, 0.15) is 54.3 Å². The van der Waals surface area contributed by atoms with E-state index in [0.29, 0.717) is 5.78 Å². The van der Waals surface area contributed by atoms with Crippen molar-refractivity contribution < 1.29 is 4.79 Å². The molecule has 1 aromatic rings. The van der Waals surface area contributed by atoms with Crippen LogP contribution in [0.25, 0.3) is 0 Å². The molecule has 0 saturated heterocycles. The van der Waals surface area contributed by atoms with Gasteiger partial charge in [-0.05, 0) is 37.8 Å². The Morgan fingerprint density at radius 2 is 2.12 bits per heavy atom. The summed E-state index contributed by atoms with van der Waals surface area (Å²) in [6, 6.07) is 1.95. The summed E-state index contributed by atoms with van der Waals surface area (Å²) in [7, 11) is 0. The van der Waals surface area contributed by atoms with Crippen molar-refractivity contribution in [3.05, 3.63) is 20.8 Å². The summed E-state index contributed by atoms with van der Waals surface area (Å²) in [4.78, 5) is 13.4. The Morgan fingerprint density at radius 1 is 1.50 bits per heavy atom. The van der Waals surface area contributed by atoms with Gasteiger partial charge in [-0.2, -0.15) is 0 Å². The molecule has 1 aromatic heterocycles. The number of ketones is 1. The molecule has 0 bridgehead atoms. The zero-order valence-corrected chi connectivity index (χ0v) is 11.4. The van der Waals surface area contributed by atoms with Crippen LogP contribution < -0.4 is 0 Å². The second kappa shape index (κ2) is 4.50. The topological polar surface area (TPSA) is 17.1 Å². The molecular weight excluding hydrogens is 240 g/mol. The Hall–Kier alpha value is -0.340. The van der Waals surface area contributed by atoms with Crippen LogP contribution >= 0.6 is 22.9 Å². The van der Waals surface area contributed by atoms with Crippen molar-refractivity contribution in [3.63, 3.8) is 0 Å². The second-order valence-corrected chi connectivity index (χ2v) is 6.39. The number of hydrogen-bond donors (Lipinski definition) is 0. The number of Topliss-reactive ketones (excluding diaryl/α,β-unsaturated/α-hetero) is 1. The fraction of sp³-hybridized carbons (Fsp3) is 0.615. The number of hydrogen-bond acceptors (Lipinski definition) is 2. The van der Waals surface area contributed by atoms with Crippen molar-refractivity contribution in [2.45, 2.75) is 46.0 Å². The first-order valence-corrected chi connectivity index (χ1v) is 7.09. The van der Waals surface area contributed by atoms with Gasteiger partial charge in [-0.3, -0.25) is 4.79 Å². The molecule has 1 fully saturated rings. The lowest BCUT2D eigenvalue weighted by molar-refractivity contribution is 0.0796. The minimum absolute atomic E-state index is 0.0827. The van der Waals surface area contributed by atoms with E-state index in [-0.39, 0.29) is 5.41 Å². The van der Waals surface area contributed by atoms with Gasteiger partial charge < -0.3 is 0 Å². The van der Waals surface area contributed by atoms with Crippen molar-refractivity contribution in [2.75, 3.05) is 0 Å². The van der Waals surface area contributed by atoms with E-state index in [4.69, 9.17) is 11.6 Å². The third kappa shape index (κ3) is 1.93. The Kier molecular flexibility index (Phi) is 3.41. The summed E-state index contributed by atoms with van der Waals surface area (Å²) in [5, 5.41) is 0. The van der Waals surface area contributed by atoms with Crippen LogP contribution in [0.15, 0.2) is 6.07 Å². The average Bonchev–Trinajstić information content (AvgIpc) is 2.87. The zero-order valence-electron chi connectivity index (χ0n) is 9.81. The third-order valence-corrected chi connectivity index (χ3v) is 5.35. The number of carbonyl (C=O) groups is 1. The van der Waals surface area contributed by atoms with Crippen LogP contribution in [-0.4, -0.2) is 5.78 Å². The van der Waals surface area contributed by atoms with E-state index in [1.165, 1.54) is 24.2 Å². The highest BCUT2D eigenvalue weighted by Gasteiger charge is 2.40. The number of rotatable bonds is 3. The molecule has 0 atom stereocenters. The lowest BCUT2D eigenvalue weighted by Crippen LogP contribution is -2.26. The van der Waals surface area contributed by atoms with Crippen molar-refractivity contribution in [1.82, 2.24) is 0 Å². The van der Waals surface area contributed by atoms with E-state index in [2.05, 4.69) is 6.92 Å².